The molecule has 0 spiro atoms. The van der Waals surface area contributed by atoms with Gasteiger partial charge in [-0.05, 0) is 19.0 Å². The normalized spacial score (nSPS) is 22.3. The SMILES string of the molecule is Cn1nc(C(F)(F)F)cc1C1CCNC1. The highest BCUT2D eigenvalue weighted by molar-refractivity contribution is 5.18. The van der Waals surface area contributed by atoms with E-state index in [0.29, 0.717) is 5.69 Å². The predicted molar refractivity (Wildman–Crippen MR) is 48.4 cm³/mol. The number of hydrogen-bond acceptors (Lipinski definition) is 2. The molecule has 3 nitrogen and oxygen atoms in total. The van der Waals surface area contributed by atoms with Gasteiger partial charge in [-0.2, -0.15) is 18.3 Å². The van der Waals surface area contributed by atoms with Crippen LogP contribution in [-0.2, 0) is 13.2 Å². The van der Waals surface area contributed by atoms with Gasteiger partial charge in [-0.1, -0.05) is 0 Å². The van der Waals surface area contributed by atoms with Crippen LogP contribution in [-0.4, -0.2) is 22.9 Å². The van der Waals surface area contributed by atoms with E-state index < -0.39 is 11.9 Å². The molecule has 0 radical (unpaired) electrons. The van der Waals surface area contributed by atoms with Gasteiger partial charge >= 0.3 is 6.18 Å². The maximum absolute atomic E-state index is 12.4. The zero-order valence-electron chi connectivity index (χ0n) is 8.30. The maximum Gasteiger partial charge on any atom is 0.435 e. The molecule has 1 aliphatic rings. The summed E-state index contributed by atoms with van der Waals surface area (Å²) in [4.78, 5) is 0. The smallest absolute Gasteiger partial charge is 0.316 e. The number of alkyl halides is 3. The zero-order valence-corrected chi connectivity index (χ0v) is 8.30. The minimum Gasteiger partial charge on any atom is -0.316 e. The van der Waals surface area contributed by atoms with Crippen molar-refractivity contribution in [3.63, 3.8) is 0 Å². The molecule has 84 valence electrons. The Kier molecular flexibility index (Phi) is 2.46. The number of halogens is 3. The summed E-state index contributed by atoms with van der Waals surface area (Å²) in [6.45, 7) is 1.59. The number of aromatic nitrogens is 2. The van der Waals surface area contributed by atoms with Crippen LogP contribution in [0.5, 0.6) is 0 Å². The van der Waals surface area contributed by atoms with Gasteiger partial charge in [-0.15, -0.1) is 0 Å². The van der Waals surface area contributed by atoms with E-state index in [1.807, 2.05) is 0 Å². The Bertz CT molecular complexity index is 350. The summed E-state index contributed by atoms with van der Waals surface area (Å²) >= 11 is 0. The van der Waals surface area contributed by atoms with Gasteiger partial charge in [-0.3, -0.25) is 4.68 Å². The molecule has 1 unspecified atom stereocenters. The lowest BCUT2D eigenvalue weighted by atomic mass is 10.0. The van der Waals surface area contributed by atoms with Gasteiger partial charge in [0.15, 0.2) is 5.69 Å². The van der Waals surface area contributed by atoms with E-state index in [1.54, 1.807) is 7.05 Å². The number of rotatable bonds is 1. The number of nitrogens with one attached hydrogen (secondary N) is 1. The molecular weight excluding hydrogens is 207 g/mol. The van der Waals surface area contributed by atoms with Crippen molar-refractivity contribution in [2.45, 2.75) is 18.5 Å². The third kappa shape index (κ3) is 1.99. The minimum atomic E-state index is -4.35. The molecule has 15 heavy (non-hydrogen) atoms. The van der Waals surface area contributed by atoms with Gasteiger partial charge in [0.25, 0.3) is 0 Å². The molecule has 1 fully saturated rings. The summed E-state index contributed by atoms with van der Waals surface area (Å²) in [7, 11) is 1.56. The van der Waals surface area contributed by atoms with Crippen molar-refractivity contribution in [3.8, 4) is 0 Å². The van der Waals surface area contributed by atoms with Crippen LogP contribution in [0.4, 0.5) is 13.2 Å². The highest BCUT2D eigenvalue weighted by Gasteiger charge is 2.35. The Balaban J connectivity index is 2.29. The van der Waals surface area contributed by atoms with Gasteiger partial charge < -0.3 is 5.32 Å². The second-order valence-corrected chi connectivity index (χ2v) is 3.77. The van der Waals surface area contributed by atoms with E-state index in [9.17, 15) is 13.2 Å². The van der Waals surface area contributed by atoms with Crippen LogP contribution in [0.15, 0.2) is 6.07 Å². The summed E-state index contributed by atoms with van der Waals surface area (Å²) in [6.07, 6.45) is -3.47. The lowest BCUT2D eigenvalue weighted by molar-refractivity contribution is -0.141. The van der Waals surface area contributed by atoms with Gasteiger partial charge in [0, 0.05) is 25.2 Å². The summed E-state index contributed by atoms with van der Waals surface area (Å²) in [5.74, 6) is 0.151. The third-order valence-electron chi connectivity index (χ3n) is 2.69. The molecule has 6 heteroatoms. The fourth-order valence-electron chi connectivity index (χ4n) is 1.91. The molecule has 1 aliphatic heterocycles. The topological polar surface area (TPSA) is 29.9 Å². The third-order valence-corrected chi connectivity index (χ3v) is 2.69. The molecule has 0 saturated carbocycles. The van der Waals surface area contributed by atoms with E-state index in [2.05, 4.69) is 10.4 Å². The average molecular weight is 219 g/mol. The Morgan fingerprint density at radius 2 is 2.27 bits per heavy atom. The molecule has 0 amide bonds. The number of aryl methyl sites for hydroxylation is 1. The van der Waals surface area contributed by atoms with Gasteiger partial charge in [0.1, 0.15) is 0 Å². The van der Waals surface area contributed by atoms with Crippen molar-refractivity contribution in [3.05, 3.63) is 17.5 Å². The molecule has 0 aliphatic carbocycles. The second kappa shape index (κ2) is 3.52. The van der Waals surface area contributed by atoms with Gasteiger partial charge in [0.05, 0.1) is 0 Å². The fourth-order valence-corrected chi connectivity index (χ4v) is 1.91. The highest BCUT2D eigenvalue weighted by Crippen LogP contribution is 2.31. The van der Waals surface area contributed by atoms with Crippen LogP contribution in [0, 0.1) is 0 Å². The molecule has 1 aromatic heterocycles. The first-order valence-corrected chi connectivity index (χ1v) is 4.80. The lowest BCUT2D eigenvalue weighted by Crippen LogP contribution is -2.10. The second-order valence-electron chi connectivity index (χ2n) is 3.77. The molecule has 1 aromatic rings. The summed E-state index contributed by atoms with van der Waals surface area (Å²) in [5, 5.41) is 6.61. The Morgan fingerprint density at radius 3 is 2.73 bits per heavy atom. The van der Waals surface area contributed by atoms with Gasteiger partial charge in [0.2, 0.25) is 0 Å². The molecule has 2 rings (SSSR count). The van der Waals surface area contributed by atoms with Gasteiger partial charge in [-0.25, -0.2) is 0 Å². The van der Waals surface area contributed by atoms with E-state index in [0.717, 1.165) is 25.6 Å². The largest absolute Gasteiger partial charge is 0.435 e. The molecular formula is C9H12F3N3. The number of hydrogen-bond donors (Lipinski definition) is 1. The van der Waals surface area contributed by atoms with E-state index in [1.165, 1.54) is 4.68 Å². The molecule has 1 N–H and O–H groups in total. The molecule has 0 aromatic carbocycles. The fraction of sp³-hybridized carbons (Fsp3) is 0.667. The van der Waals surface area contributed by atoms with Crippen LogP contribution in [0.1, 0.15) is 23.7 Å². The first-order chi connectivity index (χ1) is 6.98. The summed E-state index contributed by atoms with van der Waals surface area (Å²) < 4.78 is 38.5. The van der Waals surface area contributed by atoms with Crippen molar-refractivity contribution in [1.82, 2.24) is 15.1 Å². The summed E-state index contributed by atoms with van der Waals surface area (Å²) in [5.41, 5.74) is -0.140. The van der Waals surface area contributed by atoms with Crippen LogP contribution in [0.3, 0.4) is 0 Å². The Labute approximate surface area is 85.3 Å². The first-order valence-electron chi connectivity index (χ1n) is 4.80. The lowest BCUT2D eigenvalue weighted by Gasteiger charge is -2.07. The molecule has 2 heterocycles. The predicted octanol–water partition coefficient (Wildman–Crippen LogP) is 1.52. The Morgan fingerprint density at radius 1 is 1.53 bits per heavy atom. The van der Waals surface area contributed by atoms with Crippen molar-refractivity contribution in [2.75, 3.05) is 13.1 Å². The average Bonchev–Trinajstić information content (AvgIpc) is 2.69. The summed E-state index contributed by atoms with van der Waals surface area (Å²) in [6, 6.07) is 1.15. The van der Waals surface area contributed by atoms with Crippen molar-refractivity contribution >= 4 is 0 Å². The molecule has 0 bridgehead atoms. The van der Waals surface area contributed by atoms with Crippen LogP contribution in [0.25, 0.3) is 0 Å². The minimum absolute atomic E-state index is 0.151. The van der Waals surface area contributed by atoms with Crippen molar-refractivity contribution in [2.24, 2.45) is 7.05 Å². The molecule has 1 atom stereocenters. The quantitative estimate of drug-likeness (QED) is 0.776. The standard InChI is InChI=1S/C9H12F3N3/c1-15-7(6-2-3-13-5-6)4-8(14-15)9(10,11)12/h4,6,13H,2-3,5H2,1H3. The van der Waals surface area contributed by atoms with Crippen LogP contribution < -0.4 is 5.32 Å². The van der Waals surface area contributed by atoms with E-state index in [4.69, 9.17) is 0 Å². The van der Waals surface area contributed by atoms with Crippen molar-refractivity contribution in [1.29, 1.82) is 0 Å². The number of nitrogens with zero attached hydrogens (tertiary/aromatic N) is 2. The highest BCUT2D eigenvalue weighted by atomic mass is 19.4. The molecule has 1 saturated heterocycles. The zero-order chi connectivity index (χ0) is 11.1. The van der Waals surface area contributed by atoms with E-state index >= 15 is 0 Å². The maximum atomic E-state index is 12.4. The monoisotopic (exact) mass is 219 g/mol. The Hall–Kier alpha value is -1.04. The van der Waals surface area contributed by atoms with Crippen molar-refractivity contribution < 1.29 is 13.2 Å². The first kappa shape index (κ1) is 10.5. The van der Waals surface area contributed by atoms with Crippen LogP contribution in [0.2, 0.25) is 0 Å². The van der Waals surface area contributed by atoms with E-state index in [-0.39, 0.29) is 5.92 Å². The van der Waals surface area contributed by atoms with Crippen LogP contribution >= 0.6 is 0 Å².